The maximum absolute atomic E-state index is 12.2. The van der Waals surface area contributed by atoms with E-state index in [0.717, 1.165) is 38.6 Å². The maximum Gasteiger partial charge on any atom is 0.226 e. The van der Waals surface area contributed by atoms with Crippen molar-refractivity contribution in [2.75, 3.05) is 13.2 Å². The molecule has 1 N–H and O–H groups in total. The molecule has 0 spiro atoms. The van der Waals surface area contributed by atoms with Gasteiger partial charge in [0.1, 0.15) is 0 Å². The van der Waals surface area contributed by atoms with E-state index in [-0.39, 0.29) is 24.5 Å². The molecule has 2 rings (SSSR count). The van der Waals surface area contributed by atoms with Crippen LogP contribution >= 0.6 is 15.9 Å². The molecule has 0 aromatic heterocycles. The number of hydrogen-bond donors (Lipinski definition) is 1. The zero-order valence-electron chi connectivity index (χ0n) is 9.36. The van der Waals surface area contributed by atoms with Crippen molar-refractivity contribution in [1.29, 1.82) is 0 Å². The SMILES string of the molecule is O=C(C1CC=C(Br)CC1)N1CCC[C@@H]1CO. The molecule has 0 radical (unpaired) electrons. The molecule has 1 aliphatic carbocycles. The Labute approximate surface area is 105 Å². The molecule has 4 heteroatoms. The first-order valence-corrected chi connectivity index (χ1v) is 6.77. The monoisotopic (exact) mass is 287 g/mol. The minimum Gasteiger partial charge on any atom is -0.394 e. The molecule has 90 valence electrons. The minimum atomic E-state index is 0.0712. The fraction of sp³-hybridized carbons (Fsp3) is 0.750. The molecule has 0 aromatic carbocycles. The number of aliphatic hydroxyl groups is 1. The van der Waals surface area contributed by atoms with Crippen molar-refractivity contribution in [1.82, 2.24) is 4.90 Å². The predicted octanol–water partition coefficient (Wildman–Crippen LogP) is 2.05. The van der Waals surface area contributed by atoms with Gasteiger partial charge in [-0.2, -0.15) is 0 Å². The van der Waals surface area contributed by atoms with Crippen LogP contribution in [0.3, 0.4) is 0 Å². The second kappa shape index (κ2) is 5.32. The smallest absolute Gasteiger partial charge is 0.226 e. The lowest BCUT2D eigenvalue weighted by molar-refractivity contribution is -0.137. The van der Waals surface area contributed by atoms with Gasteiger partial charge in [-0.05, 0) is 36.6 Å². The largest absolute Gasteiger partial charge is 0.394 e. The van der Waals surface area contributed by atoms with Crippen LogP contribution < -0.4 is 0 Å². The van der Waals surface area contributed by atoms with E-state index < -0.39 is 0 Å². The quantitative estimate of drug-likeness (QED) is 0.845. The number of rotatable bonds is 2. The second-order valence-electron chi connectivity index (χ2n) is 4.63. The Morgan fingerprint density at radius 1 is 1.56 bits per heavy atom. The van der Waals surface area contributed by atoms with Crippen molar-refractivity contribution in [3.05, 3.63) is 10.6 Å². The van der Waals surface area contributed by atoms with E-state index in [0.29, 0.717) is 0 Å². The summed E-state index contributed by atoms with van der Waals surface area (Å²) in [4.78, 5) is 14.1. The Morgan fingerprint density at radius 3 is 3.00 bits per heavy atom. The highest BCUT2D eigenvalue weighted by Gasteiger charge is 2.32. The highest BCUT2D eigenvalue weighted by Crippen LogP contribution is 2.30. The van der Waals surface area contributed by atoms with Gasteiger partial charge < -0.3 is 10.0 Å². The van der Waals surface area contributed by atoms with Gasteiger partial charge in [0.05, 0.1) is 12.6 Å². The highest BCUT2D eigenvalue weighted by molar-refractivity contribution is 9.11. The number of allylic oxidation sites excluding steroid dienone is 2. The zero-order valence-corrected chi connectivity index (χ0v) is 10.9. The summed E-state index contributed by atoms with van der Waals surface area (Å²) in [5.74, 6) is 0.376. The van der Waals surface area contributed by atoms with Crippen LogP contribution in [-0.2, 0) is 4.79 Å². The van der Waals surface area contributed by atoms with Crippen molar-refractivity contribution in [2.45, 2.75) is 38.1 Å². The Bertz CT molecular complexity index is 303. The van der Waals surface area contributed by atoms with E-state index in [1.165, 1.54) is 4.48 Å². The summed E-state index contributed by atoms with van der Waals surface area (Å²) in [6.45, 7) is 0.934. The lowest BCUT2D eigenvalue weighted by atomic mass is 9.93. The van der Waals surface area contributed by atoms with Crippen LogP contribution in [0, 0.1) is 5.92 Å². The summed E-state index contributed by atoms with van der Waals surface area (Å²) in [5, 5.41) is 9.21. The minimum absolute atomic E-state index is 0.0712. The van der Waals surface area contributed by atoms with Crippen LogP contribution in [0.2, 0.25) is 0 Å². The number of halogens is 1. The third-order valence-corrected chi connectivity index (χ3v) is 4.30. The van der Waals surface area contributed by atoms with Gasteiger partial charge in [-0.25, -0.2) is 0 Å². The molecule has 0 aromatic rings. The molecule has 3 nitrogen and oxygen atoms in total. The van der Waals surface area contributed by atoms with Crippen molar-refractivity contribution in [3.63, 3.8) is 0 Å². The average molecular weight is 288 g/mol. The number of likely N-dealkylation sites (tertiary alicyclic amines) is 1. The van der Waals surface area contributed by atoms with Crippen LogP contribution in [0.4, 0.5) is 0 Å². The number of amides is 1. The summed E-state index contributed by atoms with van der Waals surface area (Å²) in [7, 11) is 0. The predicted molar refractivity (Wildman–Crippen MR) is 66.2 cm³/mol. The number of nitrogens with zero attached hydrogens (tertiary/aromatic N) is 1. The molecule has 2 aliphatic rings. The lowest BCUT2D eigenvalue weighted by Crippen LogP contribution is -2.41. The van der Waals surface area contributed by atoms with E-state index >= 15 is 0 Å². The van der Waals surface area contributed by atoms with Crippen LogP contribution in [0.5, 0.6) is 0 Å². The maximum atomic E-state index is 12.2. The number of aliphatic hydroxyl groups excluding tert-OH is 1. The van der Waals surface area contributed by atoms with Gasteiger partial charge in [-0.15, -0.1) is 0 Å². The number of hydrogen-bond acceptors (Lipinski definition) is 2. The van der Waals surface area contributed by atoms with Gasteiger partial charge in [-0.3, -0.25) is 4.79 Å². The Balaban J connectivity index is 1.97. The summed E-state index contributed by atoms with van der Waals surface area (Å²) in [6, 6.07) is 0.0712. The molecule has 1 amide bonds. The van der Waals surface area contributed by atoms with Gasteiger partial charge in [0.2, 0.25) is 5.91 Å². The topological polar surface area (TPSA) is 40.5 Å². The first-order valence-electron chi connectivity index (χ1n) is 5.98. The number of carbonyl (C=O) groups excluding carboxylic acids is 1. The Hall–Kier alpha value is -0.350. The molecule has 1 heterocycles. The molecular weight excluding hydrogens is 270 g/mol. The van der Waals surface area contributed by atoms with E-state index in [2.05, 4.69) is 22.0 Å². The normalized spacial score (nSPS) is 30.4. The first kappa shape index (κ1) is 12.1. The van der Waals surface area contributed by atoms with Crippen molar-refractivity contribution >= 4 is 21.8 Å². The van der Waals surface area contributed by atoms with E-state index in [4.69, 9.17) is 0 Å². The lowest BCUT2D eigenvalue weighted by Gasteiger charge is -2.28. The molecule has 0 bridgehead atoms. The molecule has 2 atom stereocenters. The first-order chi connectivity index (χ1) is 7.72. The molecule has 1 saturated heterocycles. The molecule has 1 aliphatic heterocycles. The summed E-state index contributed by atoms with van der Waals surface area (Å²) >= 11 is 3.47. The van der Waals surface area contributed by atoms with E-state index in [9.17, 15) is 9.90 Å². The second-order valence-corrected chi connectivity index (χ2v) is 5.65. The summed E-state index contributed by atoms with van der Waals surface area (Å²) in [5.41, 5.74) is 0. The molecule has 1 unspecified atom stereocenters. The van der Waals surface area contributed by atoms with E-state index in [1.54, 1.807) is 0 Å². The fourth-order valence-corrected chi connectivity index (χ4v) is 2.99. The molecule has 0 saturated carbocycles. The average Bonchev–Trinajstić information content (AvgIpc) is 2.77. The van der Waals surface area contributed by atoms with Crippen molar-refractivity contribution < 1.29 is 9.90 Å². The van der Waals surface area contributed by atoms with Crippen LogP contribution in [0.15, 0.2) is 10.6 Å². The summed E-state index contributed by atoms with van der Waals surface area (Å²) in [6.07, 6.45) is 6.83. The number of carbonyl (C=O) groups is 1. The van der Waals surface area contributed by atoms with Crippen LogP contribution in [0.25, 0.3) is 0 Å². The Kier molecular flexibility index (Phi) is 4.03. The fourth-order valence-electron chi connectivity index (χ4n) is 2.58. The van der Waals surface area contributed by atoms with Crippen molar-refractivity contribution in [2.24, 2.45) is 5.92 Å². The van der Waals surface area contributed by atoms with Crippen LogP contribution in [0.1, 0.15) is 32.1 Å². The third kappa shape index (κ3) is 2.48. The van der Waals surface area contributed by atoms with Gasteiger partial charge in [0, 0.05) is 12.5 Å². The van der Waals surface area contributed by atoms with Gasteiger partial charge in [0.25, 0.3) is 0 Å². The van der Waals surface area contributed by atoms with Gasteiger partial charge >= 0.3 is 0 Å². The van der Waals surface area contributed by atoms with Gasteiger partial charge in [-0.1, -0.05) is 22.0 Å². The van der Waals surface area contributed by atoms with Gasteiger partial charge in [0.15, 0.2) is 0 Å². The van der Waals surface area contributed by atoms with Crippen molar-refractivity contribution in [3.8, 4) is 0 Å². The molecule has 16 heavy (non-hydrogen) atoms. The highest BCUT2D eigenvalue weighted by atomic mass is 79.9. The summed E-state index contributed by atoms with van der Waals surface area (Å²) < 4.78 is 1.22. The molecule has 1 fully saturated rings. The Morgan fingerprint density at radius 2 is 2.38 bits per heavy atom. The van der Waals surface area contributed by atoms with E-state index in [1.807, 2.05) is 4.90 Å². The zero-order chi connectivity index (χ0) is 11.5. The van der Waals surface area contributed by atoms with Crippen LogP contribution in [-0.4, -0.2) is 35.1 Å². The molecular formula is C12H18BrNO2. The standard InChI is InChI=1S/C12H18BrNO2/c13-10-5-3-9(4-6-10)12(16)14-7-1-2-11(14)8-15/h5,9,11,15H,1-4,6-8H2/t9?,11-/m1/s1. The third-order valence-electron chi connectivity index (χ3n) is 3.58.